The molecule has 20 heteroatoms. The van der Waals surface area contributed by atoms with Crippen molar-refractivity contribution in [2.45, 2.75) is 160 Å². The van der Waals surface area contributed by atoms with Gasteiger partial charge in [-0.2, -0.15) is 4.58 Å². The van der Waals surface area contributed by atoms with E-state index < -0.39 is 48.2 Å². The third-order valence-electron chi connectivity index (χ3n) is 12.4. The first-order chi connectivity index (χ1) is 32.4. The number of unbranched alkanes of at least 4 members (excludes halogenated alkanes) is 4. The topological polar surface area (TPSA) is 246 Å². The van der Waals surface area contributed by atoms with Gasteiger partial charge in [0, 0.05) is 91.9 Å². The Morgan fingerprint density at radius 2 is 1.20 bits per heavy atom. The second-order valence-electron chi connectivity index (χ2n) is 21.1. The van der Waals surface area contributed by atoms with Crippen molar-refractivity contribution in [2.24, 2.45) is 5.41 Å². The number of anilines is 1. The maximum atomic E-state index is 12.6. The van der Waals surface area contributed by atoms with Crippen molar-refractivity contribution >= 4 is 61.1 Å². The molecule has 0 bridgehead atoms. The summed E-state index contributed by atoms with van der Waals surface area (Å²) in [7, 11) is -9.47. The smallest absolute Gasteiger partial charge is 0.744 e. The van der Waals surface area contributed by atoms with Crippen molar-refractivity contribution in [2.75, 3.05) is 44.2 Å². The van der Waals surface area contributed by atoms with Crippen LogP contribution in [0.2, 0.25) is 0 Å². The molecular formula is C51H75KN6O11S2. The molecule has 4 amide bonds. The van der Waals surface area contributed by atoms with Crippen LogP contribution in [0.25, 0.3) is 0 Å². The van der Waals surface area contributed by atoms with Crippen LogP contribution in [0, 0.1) is 5.41 Å². The molecule has 71 heavy (non-hydrogen) atoms. The minimum atomic E-state index is -4.74. The number of nitrogens with one attached hydrogen (secondary N) is 4. The van der Waals surface area contributed by atoms with Gasteiger partial charge >= 0.3 is 57.5 Å². The van der Waals surface area contributed by atoms with Gasteiger partial charge in [0.05, 0.1) is 15.2 Å². The largest absolute Gasteiger partial charge is 1.00 e. The van der Waals surface area contributed by atoms with Crippen molar-refractivity contribution in [3.05, 3.63) is 71.5 Å². The summed E-state index contributed by atoms with van der Waals surface area (Å²) in [5.74, 6) is -0.200. The van der Waals surface area contributed by atoms with Crippen LogP contribution in [-0.2, 0) is 50.2 Å². The Bertz CT molecular complexity index is 2560. The Morgan fingerprint density at radius 3 is 1.75 bits per heavy atom. The number of carbonyl (C=O) groups is 4. The minimum absolute atomic E-state index is 0. The van der Waals surface area contributed by atoms with Crippen molar-refractivity contribution in [1.82, 2.24) is 21.3 Å². The van der Waals surface area contributed by atoms with Gasteiger partial charge in [-0.25, -0.2) is 21.6 Å². The van der Waals surface area contributed by atoms with E-state index in [1.54, 1.807) is 32.9 Å². The maximum absolute atomic E-state index is 12.6. The average Bonchev–Trinajstić information content (AvgIpc) is 3.58. The summed E-state index contributed by atoms with van der Waals surface area (Å²) in [6.07, 6.45) is 11.3. The number of alkyl carbamates (subject to hydrolysis) is 1. The molecule has 2 aliphatic heterocycles. The minimum Gasteiger partial charge on any atom is -0.744 e. The molecule has 0 aliphatic carbocycles. The Hall–Kier alpha value is -3.47. The zero-order chi connectivity index (χ0) is 52.3. The fourth-order valence-corrected chi connectivity index (χ4v) is 9.57. The first-order valence-electron chi connectivity index (χ1n) is 24.3. The number of carbonyl (C=O) groups excluding carboxylic acids is 4. The van der Waals surface area contributed by atoms with Gasteiger partial charge in [0.2, 0.25) is 23.4 Å². The summed E-state index contributed by atoms with van der Waals surface area (Å²) in [4.78, 5) is 50.6. The van der Waals surface area contributed by atoms with E-state index in [0.717, 1.165) is 35.6 Å². The van der Waals surface area contributed by atoms with Gasteiger partial charge in [0.25, 0.3) is 0 Å². The molecule has 0 aromatic heterocycles. The Kier molecular flexibility index (Phi) is 22.8. The van der Waals surface area contributed by atoms with Crippen LogP contribution in [0.15, 0.2) is 70.1 Å². The summed E-state index contributed by atoms with van der Waals surface area (Å²) in [6.45, 7) is 21.5. The Morgan fingerprint density at radius 1 is 0.676 bits per heavy atom. The van der Waals surface area contributed by atoms with Crippen LogP contribution in [0.3, 0.4) is 0 Å². The van der Waals surface area contributed by atoms with E-state index in [4.69, 9.17) is 4.74 Å². The normalized spacial score (nSPS) is 15.8. The maximum Gasteiger partial charge on any atom is 1.00 e. The first-order valence-corrected chi connectivity index (χ1v) is 27.1. The number of allylic oxidation sites excluding steroid dienone is 4. The van der Waals surface area contributed by atoms with E-state index in [1.165, 1.54) is 24.3 Å². The summed E-state index contributed by atoms with van der Waals surface area (Å²) in [5, 5.41) is 11.4. The van der Waals surface area contributed by atoms with Crippen LogP contribution in [0.5, 0.6) is 0 Å². The van der Waals surface area contributed by atoms with Gasteiger partial charge in [0.15, 0.2) is 5.71 Å². The second kappa shape index (κ2) is 26.1. The third kappa shape index (κ3) is 18.2. The van der Waals surface area contributed by atoms with Gasteiger partial charge < -0.3 is 40.0 Å². The number of hydrogen-bond acceptors (Lipinski definition) is 12. The van der Waals surface area contributed by atoms with E-state index in [0.29, 0.717) is 102 Å². The van der Waals surface area contributed by atoms with Crippen LogP contribution in [-0.4, -0.2) is 105 Å². The summed E-state index contributed by atoms with van der Waals surface area (Å²) < 4.78 is 80.3. The van der Waals surface area contributed by atoms with Crippen molar-refractivity contribution < 1.29 is 106 Å². The number of rotatable bonds is 24. The molecule has 0 atom stereocenters. The van der Waals surface area contributed by atoms with Crippen molar-refractivity contribution in [1.29, 1.82) is 0 Å². The summed E-state index contributed by atoms with van der Waals surface area (Å²) >= 11 is 0. The molecule has 2 aromatic carbocycles. The van der Waals surface area contributed by atoms with Gasteiger partial charge in [-0.3, -0.25) is 14.4 Å². The second-order valence-corrected chi connectivity index (χ2v) is 23.8. The molecular weight excluding hydrogens is 976 g/mol. The van der Waals surface area contributed by atoms with Crippen LogP contribution in [0.1, 0.15) is 145 Å². The SMILES string of the molecule is CC(C)(C)OC(=O)NCCCNC(=O)CCCCCN1/C(=C/C=C/C2=[N+](CCCCCC(=O)NCCCNC(=O)C(C)(C)C)c3ccc(S(=O)(=O)[O-])cc3C2(C)C)C(C)(C)c2cc(S(=O)(=O)[O-])ccc21.[K+]. The number of fused-ring (bicyclic) bond motifs is 2. The fourth-order valence-electron chi connectivity index (χ4n) is 8.58. The molecule has 2 aromatic rings. The zero-order valence-corrected chi connectivity index (χ0v) is 48.5. The molecule has 0 radical (unpaired) electrons. The standard InChI is InChI=1S/C51H76N6O11S2.K/c1-48(2,3)46(60)54-30-18-28-52-44(58)22-13-11-15-32-56-40-26-24-36(69(62,63)64)34-38(40)50(7,8)42(56)20-17-21-43-51(9,10)39-35-37(70(65,66)67)25-27-41(39)57(43)33-16-12-14-23-45(59)53-29-19-31-55-47(61)68-49(4,5)6;/h17,20-21,24-27,34-35H,11-16,18-19,22-23,28-33H2,1-10H3,(H5-,52,53,54,55,58,59,60,61,62,63,64,65,66,67);/q;+1/p-1. The molecule has 0 saturated carbocycles. The molecule has 0 fully saturated rings. The summed E-state index contributed by atoms with van der Waals surface area (Å²) in [6, 6.07) is 8.85. The van der Waals surface area contributed by atoms with Crippen LogP contribution < -0.4 is 77.6 Å². The zero-order valence-electron chi connectivity index (χ0n) is 43.7. The molecule has 0 saturated heterocycles. The fraction of sp³-hybridized carbons (Fsp3) is 0.588. The molecule has 0 unspecified atom stereocenters. The van der Waals surface area contributed by atoms with E-state index >= 15 is 0 Å². The van der Waals surface area contributed by atoms with Crippen molar-refractivity contribution in [3.8, 4) is 0 Å². The van der Waals surface area contributed by atoms with Gasteiger partial charge in [-0.05, 0) is 115 Å². The molecule has 4 rings (SSSR count). The summed E-state index contributed by atoms with van der Waals surface area (Å²) in [5.41, 5.74) is 2.06. The predicted molar refractivity (Wildman–Crippen MR) is 268 cm³/mol. The van der Waals surface area contributed by atoms with E-state index in [1.807, 2.05) is 66.7 Å². The van der Waals surface area contributed by atoms with Gasteiger partial charge in [-0.1, -0.05) is 47.1 Å². The molecule has 0 spiro atoms. The molecule has 2 aliphatic rings. The van der Waals surface area contributed by atoms with Crippen LogP contribution in [0.4, 0.5) is 16.2 Å². The Balaban J connectivity index is 0.0000133. The Labute approximate surface area is 464 Å². The predicted octanol–water partition coefficient (Wildman–Crippen LogP) is 3.93. The quantitative estimate of drug-likeness (QED) is 0.0506. The van der Waals surface area contributed by atoms with Crippen LogP contribution >= 0.6 is 0 Å². The van der Waals surface area contributed by atoms with Gasteiger partial charge in [0.1, 0.15) is 32.4 Å². The van der Waals surface area contributed by atoms with Crippen molar-refractivity contribution in [3.63, 3.8) is 0 Å². The number of hydrogen-bond donors (Lipinski definition) is 4. The molecule has 2 heterocycles. The number of amides is 4. The first kappa shape index (κ1) is 61.8. The molecule has 17 nitrogen and oxygen atoms in total. The van der Waals surface area contributed by atoms with E-state index in [9.17, 15) is 45.1 Å². The number of nitrogens with zero attached hydrogens (tertiary/aromatic N) is 2. The molecule has 388 valence electrons. The van der Waals surface area contributed by atoms with E-state index in [2.05, 4.69) is 30.7 Å². The third-order valence-corrected chi connectivity index (χ3v) is 14.0. The molecule has 4 N–H and O–H groups in total. The van der Waals surface area contributed by atoms with E-state index in [-0.39, 0.29) is 78.9 Å². The number of benzene rings is 2. The van der Waals surface area contributed by atoms with Gasteiger partial charge in [-0.15, -0.1) is 0 Å². The monoisotopic (exact) mass is 1050 g/mol. The number of ether oxygens (including phenoxy) is 1. The average molecular weight is 1050 g/mol.